The lowest BCUT2D eigenvalue weighted by molar-refractivity contribution is -0.137. The number of para-hydroxylation sites is 1. The largest absolute Gasteiger partial charge is 0.418 e. The first-order chi connectivity index (χ1) is 11.6. The first-order valence-electron chi connectivity index (χ1n) is 7.53. The molecular formula is C19H17F4NO. The maximum Gasteiger partial charge on any atom is 0.418 e. The molecule has 0 radical (unpaired) electrons. The summed E-state index contributed by atoms with van der Waals surface area (Å²) in [5.41, 5.74) is -0.822. The van der Waals surface area contributed by atoms with Gasteiger partial charge in [-0.05, 0) is 44.5 Å². The number of nitrogens with zero attached hydrogens (tertiary/aromatic N) is 1. The zero-order valence-corrected chi connectivity index (χ0v) is 14.0. The Balaban J connectivity index is 2.76. The van der Waals surface area contributed by atoms with Gasteiger partial charge in [-0.3, -0.25) is 9.69 Å². The van der Waals surface area contributed by atoms with Gasteiger partial charge < -0.3 is 0 Å². The summed E-state index contributed by atoms with van der Waals surface area (Å²) in [5.74, 6) is -1.49. The number of allylic oxidation sites excluding steroid dienone is 1. The summed E-state index contributed by atoms with van der Waals surface area (Å²) in [7, 11) is 0. The van der Waals surface area contributed by atoms with Crippen LogP contribution in [-0.4, -0.2) is 5.91 Å². The second-order valence-corrected chi connectivity index (χ2v) is 5.82. The number of aryl methyl sites for hydroxylation is 1. The van der Waals surface area contributed by atoms with E-state index in [-0.39, 0.29) is 11.3 Å². The maximum atomic E-state index is 14.6. The molecule has 0 bridgehead atoms. The van der Waals surface area contributed by atoms with E-state index in [1.165, 1.54) is 43.3 Å². The highest BCUT2D eigenvalue weighted by Crippen LogP contribution is 2.40. The molecule has 6 heteroatoms. The number of carbonyl (C=O) groups excluding carboxylic acids is 1. The van der Waals surface area contributed by atoms with Crippen molar-refractivity contribution in [3.63, 3.8) is 0 Å². The van der Waals surface area contributed by atoms with Crippen LogP contribution in [0.1, 0.15) is 25.0 Å². The molecule has 132 valence electrons. The van der Waals surface area contributed by atoms with Crippen molar-refractivity contribution in [3.05, 3.63) is 71.1 Å². The minimum Gasteiger partial charge on any atom is -0.274 e. The summed E-state index contributed by atoms with van der Waals surface area (Å²) in [5, 5.41) is 0. The van der Waals surface area contributed by atoms with Gasteiger partial charge in [-0.15, -0.1) is 0 Å². The first-order valence-corrected chi connectivity index (χ1v) is 7.53. The fourth-order valence-electron chi connectivity index (χ4n) is 2.39. The van der Waals surface area contributed by atoms with E-state index >= 15 is 0 Å². The van der Waals surface area contributed by atoms with Gasteiger partial charge in [-0.1, -0.05) is 29.8 Å². The van der Waals surface area contributed by atoms with Crippen LogP contribution in [0, 0.1) is 12.7 Å². The highest BCUT2D eigenvalue weighted by molar-refractivity contribution is 6.08. The first kappa shape index (κ1) is 18.7. The molecule has 0 spiro atoms. The lowest BCUT2D eigenvalue weighted by Crippen LogP contribution is -2.28. The van der Waals surface area contributed by atoms with E-state index < -0.39 is 29.2 Å². The Hall–Kier alpha value is -2.63. The molecule has 2 aromatic rings. The van der Waals surface area contributed by atoms with Gasteiger partial charge in [0.05, 0.1) is 16.9 Å². The molecule has 0 aliphatic carbocycles. The normalized spacial score (nSPS) is 11.2. The Kier molecular flexibility index (Phi) is 5.30. The van der Waals surface area contributed by atoms with Gasteiger partial charge in [-0.25, -0.2) is 4.39 Å². The van der Waals surface area contributed by atoms with Crippen molar-refractivity contribution < 1.29 is 22.4 Å². The van der Waals surface area contributed by atoms with Crippen LogP contribution in [0.15, 0.2) is 54.1 Å². The Labute approximate surface area is 143 Å². The molecule has 2 aromatic carbocycles. The topological polar surface area (TPSA) is 20.3 Å². The summed E-state index contributed by atoms with van der Waals surface area (Å²) < 4.78 is 54.7. The fraction of sp³-hybridized carbons (Fsp3) is 0.211. The molecule has 0 N–H and O–H groups in total. The van der Waals surface area contributed by atoms with Gasteiger partial charge in [-0.2, -0.15) is 13.2 Å². The van der Waals surface area contributed by atoms with Crippen molar-refractivity contribution in [3.8, 4) is 0 Å². The number of alkyl halides is 3. The predicted octanol–water partition coefficient (Wildman–Crippen LogP) is 5.78. The van der Waals surface area contributed by atoms with Crippen LogP contribution >= 0.6 is 0 Å². The van der Waals surface area contributed by atoms with Crippen LogP contribution in [0.5, 0.6) is 0 Å². The van der Waals surface area contributed by atoms with E-state index in [0.29, 0.717) is 5.57 Å². The SMILES string of the molecule is CC(C)=CC(=O)N(c1ccccc1C(F)(F)F)c1cccc(C)c1F. The second-order valence-electron chi connectivity index (χ2n) is 5.82. The second kappa shape index (κ2) is 7.09. The molecule has 2 nitrogen and oxygen atoms in total. The predicted molar refractivity (Wildman–Crippen MR) is 89.2 cm³/mol. The van der Waals surface area contributed by atoms with Gasteiger partial charge in [0.2, 0.25) is 0 Å². The van der Waals surface area contributed by atoms with Crippen molar-refractivity contribution in [1.29, 1.82) is 0 Å². The van der Waals surface area contributed by atoms with Gasteiger partial charge in [0, 0.05) is 6.08 Å². The number of carbonyl (C=O) groups is 1. The summed E-state index contributed by atoms with van der Waals surface area (Å²) in [6, 6.07) is 8.88. The van der Waals surface area contributed by atoms with Crippen LogP contribution in [0.3, 0.4) is 0 Å². The van der Waals surface area contributed by atoms with Gasteiger partial charge >= 0.3 is 6.18 Å². The highest BCUT2D eigenvalue weighted by atomic mass is 19.4. The zero-order chi connectivity index (χ0) is 18.8. The third kappa shape index (κ3) is 4.07. The number of hydrogen-bond donors (Lipinski definition) is 0. The molecule has 1 amide bonds. The lowest BCUT2D eigenvalue weighted by Gasteiger charge is -2.26. The molecule has 25 heavy (non-hydrogen) atoms. The average Bonchev–Trinajstić information content (AvgIpc) is 2.50. The molecule has 0 saturated heterocycles. The van der Waals surface area contributed by atoms with E-state index in [0.717, 1.165) is 17.0 Å². The number of anilines is 2. The third-order valence-corrected chi connectivity index (χ3v) is 3.50. The standard InChI is InChI=1S/C19H17F4NO/c1-12(2)11-17(25)24(16-10-6-7-13(3)18(16)20)15-9-5-4-8-14(15)19(21,22)23/h4-11H,1-3H3. The van der Waals surface area contributed by atoms with Crippen LogP contribution in [0.25, 0.3) is 0 Å². The number of hydrogen-bond acceptors (Lipinski definition) is 1. The molecule has 0 unspecified atom stereocenters. The third-order valence-electron chi connectivity index (χ3n) is 3.50. The molecule has 2 rings (SSSR count). The van der Waals surface area contributed by atoms with Crippen LogP contribution in [0.2, 0.25) is 0 Å². The van der Waals surface area contributed by atoms with E-state index in [4.69, 9.17) is 0 Å². The van der Waals surface area contributed by atoms with Crippen molar-refractivity contribution in [1.82, 2.24) is 0 Å². The molecular weight excluding hydrogens is 334 g/mol. The molecule has 0 saturated carbocycles. The quantitative estimate of drug-likeness (QED) is 0.507. The minimum absolute atomic E-state index is 0.223. The highest BCUT2D eigenvalue weighted by Gasteiger charge is 2.36. The Bertz CT molecular complexity index is 820. The number of benzene rings is 2. The van der Waals surface area contributed by atoms with Gasteiger partial charge in [0.25, 0.3) is 5.91 Å². The molecule has 0 aliphatic rings. The number of rotatable bonds is 3. The summed E-state index contributed by atoms with van der Waals surface area (Å²) in [6.45, 7) is 4.76. The number of amides is 1. The Morgan fingerprint density at radius 2 is 1.60 bits per heavy atom. The molecule has 0 aromatic heterocycles. The summed E-state index contributed by atoms with van der Waals surface area (Å²) in [6.07, 6.45) is -3.50. The number of halogens is 4. The molecule has 0 atom stereocenters. The average molecular weight is 351 g/mol. The minimum atomic E-state index is -4.68. The van der Waals surface area contributed by atoms with Crippen molar-refractivity contribution >= 4 is 17.3 Å². The zero-order valence-electron chi connectivity index (χ0n) is 14.0. The Morgan fingerprint density at radius 3 is 2.20 bits per heavy atom. The summed E-state index contributed by atoms with van der Waals surface area (Å²) >= 11 is 0. The Morgan fingerprint density at radius 1 is 1.00 bits per heavy atom. The monoisotopic (exact) mass is 351 g/mol. The lowest BCUT2D eigenvalue weighted by atomic mass is 10.1. The molecule has 0 fully saturated rings. The smallest absolute Gasteiger partial charge is 0.274 e. The fourth-order valence-corrected chi connectivity index (χ4v) is 2.39. The molecule has 0 aliphatic heterocycles. The van der Waals surface area contributed by atoms with E-state index in [9.17, 15) is 22.4 Å². The van der Waals surface area contributed by atoms with Crippen LogP contribution < -0.4 is 4.90 Å². The van der Waals surface area contributed by atoms with Gasteiger partial charge in [0.15, 0.2) is 0 Å². The van der Waals surface area contributed by atoms with Crippen molar-refractivity contribution in [2.45, 2.75) is 26.9 Å². The van der Waals surface area contributed by atoms with E-state index in [2.05, 4.69) is 0 Å². The summed E-state index contributed by atoms with van der Waals surface area (Å²) in [4.78, 5) is 13.4. The van der Waals surface area contributed by atoms with Crippen LogP contribution in [-0.2, 0) is 11.0 Å². The molecule has 0 heterocycles. The van der Waals surface area contributed by atoms with Gasteiger partial charge in [0.1, 0.15) is 5.82 Å². The van der Waals surface area contributed by atoms with Crippen molar-refractivity contribution in [2.75, 3.05) is 4.90 Å². The van der Waals surface area contributed by atoms with E-state index in [1.54, 1.807) is 13.8 Å². The van der Waals surface area contributed by atoms with Crippen molar-refractivity contribution in [2.24, 2.45) is 0 Å². The van der Waals surface area contributed by atoms with E-state index in [1.807, 2.05) is 0 Å². The maximum absolute atomic E-state index is 14.6. The van der Waals surface area contributed by atoms with Crippen LogP contribution in [0.4, 0.5) is 28.9 Å².